The van der Waals surface area contributed by atoms with Crippen LogP contribution in [0.4, 0.5) is 5.95 Å². The van der Waals surface area contributed by atoms with Gasteiger partial charge in [0.2, 0.25) is 5.95 Å². The molecule has 0 saturated heterocycles. The van der Waals surface area contributed by atoms with Gasteiger partial charge in [0.15, 0.2) is 0 Å². The minimum Gasteiger partial charge on any atom is -0.481 e. The minimum atomic E-state index is -0.928. The van der Waals surface area contributed by atoms with Crippen LogP contribution in [0.15, 0.2) is 12.4 Å². The highest BCUT2D eigenvalue weighted by Gasteiger charge is 2.11. The van der Waals surface area contributed by atoms with Crippen LogP contribution < -0.4 is 11.1 Å². The third kappa shape index (κ3) is 4.78. The van der Waals surface area contributed by atoms with E-state index in [4.69, 9.17) is 10.8 Å². The summed E-state index contributed by atoms with van der Waals surface area (Å²) in [5.41, 5.74) is 6.32. The number of nitrogens with zero attached hydrogens (tertiary/aromatic N) is 2. The standard InChI is InChI=1S/C11H18N4O2/c1-2-3-4-13-11-14-6-8(7-15-11)9(12)5-10(16)17/h6-7,9H,2-5,12H2,1H3,(H,16,17)(H,13,14,15)/t9-/m1/s1. The second-order valence-electron chi connectivity index (χ2n) is 3.82. The van der Waals surface area contributed by atoms with E-state index in [0.29, 0.717) is 11.5 Å². The van der Waals surface area contributed by atoms with E-state index in [9.17, 15) is 4.79 Å². The zero-order valence-electron chi connectivity index (χ0n) is 9.89. The molecule has 0 aliphatic carbocycles. The van der Waals surface area contributed by atoms with Crippen LogP contribution >= 0.6 is 0 Å². The lowest BCUT2D eigenvalue weighted by Crippen LogP contribution is -2.16. The van der Waals surface area contributed by atoms with Crippen molar-refractivity contribution in [2.45, 2.75) is 32.2 Å². The predicted molar refractivity (Wildman–Crippen MR) is 64.6 cm³/mol. The molecule has 17 heavy (non-hydrogen) atoms. The van der Waals surface area contributed by atoms with Crippen LogP contribution in [0.5, 0.6) is 0 Å². The fourth-order valence-electron chi connectivity index (χ4n) is 1.30. The lowest BCUT2D eigenvalue weighted by atomic mass is 10.1. The highest BCUT2D eigenvalue weighted by molar-refractivity contribution is 5.67. The molecule has 0 saturated carbocycles. The summed E-state index contributed by atoms with van der Waals surface area (Å²) in [6, 6.07) is -0.558. The molecule has 0 aliphatic heterocycles. The summed E-state index contributed by atoms with van der Waals surface area (Å²) < 4.78 is 0. The molecule has 6 heteroatoms. The number of hydrogen-bond donors (Lipinski definition) is 3. The molecule has 0 amide bonds. The number of aromatic nitrogens is 2. The van der Waals surface area contributed by atoms with Gasteiger partial charge in [-0.15, -0.1) is 0 Å². The molecular formula is C11H18N4O2. The molecule has 1 rings (SSSR count). The van der Waals surface area contributed by atoms with E-state index in [0.717, 1.165) is 19.4 Å². The predicted octanol–water partition coefficient (Wildman–Crippen LogP) is 1.16. The SMILES string of the molecule is CCCCNc1ncc([C@H](N)CC(=O)O)cn1. The smallest absolute Gasteiger partial charge is 0.305 e. The van der Waals surface area contributed by atoms with Gasteiger partial charge in [0, 0.05) is 30.5 Å². The monoisotopic (exact) mass is 238 g/mol. The molecule has 4 N–H and O–H groups in total. The van der Waals surface area contributed by atoms with E-state index in [2.05, 4.69) is 22.2 Å². The van der Waals surface area contributed by atoms with Gasteiger partial charge in [-0.25, -0.2) is 9.97 Å². The van der Waals surface area contributed by atoms with Crippen molar-refractivity contribution in [1.29, 1.82) is 0 Å². The Balaban J connectivity index is 2.52. The minimum absolute atomic E-state index is 0.119. The van der Waals surface area contributed by atoms with Gasteiger partial charge in [-0.3, -0.25) is 4.79 Å². The topological polar surface area (TPSA) is 101 Å². The Kier molecular flexibility index (Phi) is 5.35. The number of carboxylic acid groups (broad SMARTS) is 1. The highest BCUT2D eigenvalue weighted by Crippen LogP contribution is 2.12. The van der Waals surface area contributed by atoms with Crippen LogP contribution in [-0.4, -0.2) is 27.6 Å². The van der Waals surface area contributed by atoms with Crippen molar-refractivity contribution in [2.75, 3.05) is 11.9 Å². The molecule has 1 aromatic heterocycles. The summed E-state index contributed by atoms with van der Waals surface area (Å²) in [7, 11) is 0. The van der Waals surface area contributed by atoms with E-state index < -0.39 is 12.0 Å². The molecule has 1 atom stereocenters. The maximum absolute atomic E-state index is 10.5. The first-order valence-electron chi connectivity index (χ1n) is 5.66. The Labute approximate surface area is 100 Å². The third-order valence-electron chi connectivity index (χ3n) is 2.31. The summed E-state index contributed by atoms with van der Waals surface area (Å²) in [6.07, 6.45) is 5.17. The Morgan fingerprint density at radius 1 is 1.53 bits per heavy atom. The number of unbranched alkanes of at least 4 members (excludes halogenated alkanes) is 1. The molecule has 0 unspecified atom stereocenters. The van der Waals surface area contributed by atoms with Crippen LogP contribution in [0, 0.1) is 0 Å². The molecule has 0 spiro atoms. The van der Waals surface area contributed by atoms with Crippen LogP contribution in [0.3, 0.4) is 0 Å². The second kappa shape index (κ2) is 6.80. The van der Waals surface area contributed by atoms with Crippen LogP contribution in [0.1, 0.15) is 37.8 Å². The largest absolute Gasteiger partial charge is 0.481 e. The maximum atomic E-state index is 10.5. The van der Waals surface area contributed by atoms with Crippen molar-refractivity contribution in [1.82, 2.24) is 9.97 Å². The average molecular weight is 238 g/mol. The van der Waals surface area contributed by atoms with Crippen molar-refractivity contribution in [3.63, 3.8) is 0 Å². The van der Waals surface area contributed by atoms with E-state index in [1.807, 2.05) is 0 Å². The third-order valence-corrected chi connectivity index (χ3v) is 2.31. The zero-order valence-corrected chi connectivity index (χ0v) is 9.89. The molecule has 6 nitrogen and oxygen atoms in total. The van der Waals surface area contributed by atoms with Crippen LogP contribution in [-0.2, 0) is 4.79 Å². The van der Waals surface area contributed by atoms with E-state index in [1.165, 1.54) is 0 Å². The molecule has 0 fully saturated rings. The number of anilines is 1. The Hall–Kier alpha value is -1.69. The van der Waals surface area contributed by atoms with Crippen molar-refractivity contribution in [3.05, 3.63) is 18.0 Å². The van der Waals surface area contributed by atoms with Gasteiger partial charge in [-0.05, 0) is 6.42 Å². The van der Waals surface area contributed by atoms with Gasteiger partial charge in [0.25, 0.3) is 0 Å². The van der Waals surface area contributed by atoms with Gasteiger partial charge in [-0.2, -0.15) is 0 Å². The first kappa shape index (κ1) is 13.4. The fourth-order valence-corrected chi connectivity index (χ4v) is 1.30. The van der Waals surface area contributed by atoms with Gasteiger partial charge >= 0.3 is 5.97 Å². The Morgan fingerprint density at radius 2 is 2.18 bits per heavy atom. The molecule has 1 heterocycles. The van der Waals surface area contributed by atoms with Gasteiger partial charge in [0.1, 0.15) is 0 Å². The first-order chi connectivity index (χ1) is 8.13. The lowest BCUT2D eigenvalue weighted by Gasteiger charge is -2.09. The molecular weight excluding hydrogens is 220 g/mol. The van der Waals surface area contributed by atoms with Gasteiger partial charge < -0.3 is 16.2 Å². The van der Waals surface area contributed by atoms with Crippen LogP contribution in [0.25, 0.3) is 0 Å². The van der Waals surface area contributed by atoms with Crippen molar-refractivity contribution in [3.8, 4) is 0 Å². The summed E-state index contributed by atoms with van der Waals surface area (Å²) in [4.78, 5) is 18.7. The second-order valence-corrected chi connectivity index (χ2v) is 3.82. The first-order valence-corrected chi connectivity index (χ1v) is 5.66. The highest BCUT2D eigenvalue weighted by atomic mass is 16.4. The van der Waals surface area contributed by atoms with Gasteiger partial charge in [0.05, 0.1) is 6.42 Å². The molecule has 0 bridgehead atoms. The van der Waals surface area contributed by atoms with E-state index >= 15 is 0 Å². The normalized spacial score (nSPS) is 12.1. The maximum Gasteiger partial charge on any atom is 0.305 e. The van der Waals surface area contributed by atoms with Crippen molar-refractivity contribution in [2.24, 2.45) is 5.73 Å². The quantitative estimate of drug-likeness (QED) is 0.616. The number of rotatable bonds is 7. The van der Waals surface area contributed by atoms with E-state index in [1.54, 1.807) is 12.4 Å². The molecule has 1 aromatic rings. The molecule has 0 aromatic carbocycles. The molecule has 0 aliphatic rings. The Bertz CT molecular complexity index is 353. The molecule has 0 radical (unpaired) electrons. The average Bonchev–Trinajstić information content (AvgIpc) is 2.29. The number of carbonyl (C=O) groups is 1. The van der Waals surface area contributed by atoms with Crippen LogP contribution in [0.2, 0.25) is 0 Å². The number of nitrogens with one attached hydrogen (secondary N) is 1. The zero-order chi connectivity index (χ0) is 12.7. The molecule has 94 valence electrons. The Morgan fingerprint density at radius 3 is 2.71 bits per heavy atom. The number of nitrogens with two attached hydrogens (primary N) is 1. The summed E-state index contributed by atoms with van der Waals surface area (Å²) in [5.74, 6) is -0.382. The van der Waals surface area contributed by atoms with Gasteiger partial charge in [-0.1, -0.05) is 13.3 Å². The van der Waals surface area contributed by atoms with Crippen molar-refractivity contribution < 1.29 is 9.90 Å². The summed E-state index contributed by atoms with van der Waals surface area (Å²) >= 11 is 0. The summed E-state index contributed by atoms with van der Waals surface area (Å²) in [6.45, 7) is 2.94. The van der Waals surface area contributed by atoms with E-state index in [-0.39, 0.29) is 6.42 Å². The lowest BCUT2D eigenvalue weighted by molar-refractivity contribution is -0.137. The number of carboxylic acids is 1. The fraction of sp³-hybridized carbons (Fsp3) is 0.545. The van der Waals surface area contributed by atoms with Crippen molar-refractivity contribution >= 4 is 11.9 Å². The number of hydrogen-bond acceptors (Lipinski definition) is 5. The summed E-state index contributed by atoms with van der Waals surface area (Å²) in [5, 5.41) is 11.7. The number of aliphatic carboxylic acids is 1.